The molecule has 3 N–H and O–H groups in total. The number of ether oxygens (including phenoxy) is 1. The van der Waals surface area contributed by atoms with E-state index in [1.54, 1.807) is 53.0 Å². The lowest BCUT2D eigenvalue weighted by molar-refractivity contribution is 0.118. The summed E-state index contributed by atoms with van der Waals surface area (Å²) in [4.78, 5) is 25.5. The average Bonchev–Trinajstić information content (AvgIpc) is 2.77. The lowest BCUT2D eigenvalue weighted by Gasteiger charge is -2.17. The number of hydrogen-bond donors (Lipinski definition) is 2. The first kappa shape index (κ1) is 27.0. The van der Waals surface area contributed by atoms with Crippen LogP contribution in [0.1, 0.15) is 37.7 Å². The Hall–Kier alpha value is -3.63. The van der Waals surface area contributed by atoms with E-state index in [1.165, 1.54) is 10.6 Å². The van der Waals surface area contributed by atoms with E-state index in [2.05, 4.69) is 15.0 Å². The molecule has 3 aromatic rings. The van der Waals surface area contributed by atoms with Crippen LogP contribution in [0.5, 0.6) is 5.75 Å². The Labute approximate surface area is 211 Å². The first-order valence-electron chi connectivity index (χ1n) is 10.8. The van der Waals surface area contributed by atoms with Gasteiger partial charge in [-0.3, -0.25) is 14.3 Å². The van der Waals surface area contributed by atoms with E-state index in [9.17, 15) is 18.7 Å². The largest absolute Gasteiger partial charge is 0.485 e. The summed E-state index contributed by atoms with van der Waals surface area (Å²) < 4.78 is 33.9. The highest BCUT2D eigenvalue weighted by molar-refractivity contribution is 6.31. The van der Waals surface area contributed by atoms with Crippen molar-refractivity contribution in [2.75, 3.05) is 0 Å². The van der Waals surface area contributed by atoms with E-state index in [-0.39, 0.29) is 28.8 Å². The molecule has 0 bridgehead atoms. The lowest BCUT2D eigenvalue weighted by Crippen LogP contribution is -2.28. The molecule has 0 fully saturated rings. The molecule has 0 saturated heterocycles. The van der Waals surface area contributed by atoms with Gasteiger partial charge >= 0.3 is 0 Å². The summed E-state index contributed by atoms with van der Waals surface area (Å²) in [6.45, 7) is 7.95. The molecular weight excluding hydrogens is 492 g/mol. The summed E-state index contributed by atoms with van der Waals surface area (Å²) in [6, 6.07) is 3.85. The number of hydrogen-bond acceptors (Lipinski definition) is 7. The summed E-state index contributed by atoms with van der Waals surface area (Å²) >= 11 is 6.31. The summed E-state index contributed by atoms with van der Waals surface area (Å²) in [7, 11) is 0. The van der Waals surface area contributed by atoms with Crippen molar-refractivity contribution in [1.82, 2.24) is 14.5 Å². The Morgan fingerprint density at radius 2 is 1.94 bits per heavy atom. The topological polar surface area (TPSA) is 116 Å². The van der Waals surface area contributed by atoms with Gasteiger partial charge in [0.05, 0.1) is 17.5 Å². The normalized spacial score (nSPS) is 12.7. The SMILES string of the molecule is CC(/C=C(\N)C(C)(C)O)=Nc1cc(-n2c(C)cc(OCc3ncc(F)cc3F)c(Cl)c2=O)c(C)cn1. The summed E-state index contributed by atoms with van der Waals surface area (Å²) in [6.07, 6.45) is 3.98. The fraction of sp³-hybridized carbons (Fsp3) is 0.280. The van der Waals surface area contributed by atoms with Gasteiger partial charge in [-0.2, -0.15) is 0 Å². The number of nitrogens with two attached hydrogens (primary N) is 1. The zero-order chi connectivity index (χ0) is 26.8. The molecule has 0 unspecified atom stereocenters. The highest BCUT2D eigenvalue weighted by Crippen LogP contribution is 2.27. The maximum absolute atomic E-state index is 13.9. The minimum absolute atomic E-state index is 0.0361. The third kappa shape index (κ3) is 6.13. The Bertz CT molecular complexity index is 1430. The van der Waals surface area contributed by atoms with Gasteiger partial charge < -0.3 is 15.6 Å². The van der Waals surface area contributed by atoms with E-state index >= 15 is 0 Å². The van der Waals surface area contributed by atoms with Crippen molar-refractivity contribution < 1.29 is 18.6 Å². The van der Waals surface area contributed by atoms with Gasteiger partial charge in [-0.25, -0.2) is 18.8 Å². The number of pyridine rings is 3. The molecule has 3 aromatic heterocycles. The van der Waals surface area contributed by atoms with Crippen molar-refractivity contribution in [2.24, 2.45) is 10.7 Å². The molecule has 8 nitrogen and oxygen atoms in total. The second-order valence-corrected chi connectivity index (χ2v) is 9.09. The molecule has 0 aliphatic heterocycles. The van der Waals surface area contributed by atoms with Crippen LogP contribution in [0.3, 0.4) is 0 Å². The van der Waals surface area contributed by atoms with Crippen LogP contribution < -0.4 is 16.0 Å². The second kappa shape index (κ2) is 10.5. The number of allylic oxidation sites excluding steroid dienone is 1. The number of nitrogens with zero attached hydrogens (tertiary/aromatic N) is 4. The molecule has 3 heterocycles. The molecule has 0 saturated carbocycles. The number of aromatic nitrogens is 3. The first-order valence-corrected chi connectivity index (χ1v) is 11.2. The standard InChI is InChI=1S/C25H26ClF2N5O3/c1-13-10-31-22(32-14(2)6-21(29)25(4,5)35)9-19(13)33-15(3)7-20(23(26)24(33)34)36-12-18-17(28)8-16(27)11-30-18/h6-11,35H,12,29H2,1-5H3/b21-6-,32-14?. The molecule has 0 spiro atoms. The molecule has 190 valence electrons. The number of aryl methyl sites for hydroxylation is 2. The van der Waals surface area contributed by atoms with E-state index in [0.29, 0.717) is 34.5 Å². The van der Waals surface area contributed by atoms with Crippen molar-refractivity contribution in [3.63, 3.8) is 0 Å². The molecule has 0 aliphatic carbocycles. The number of halogens is 3. The van der Waals surface area contributed by atoms with Gasteiger partial charge in [-0.1, -0.05) is 11.6 Å². The molecular formula is C25H26ClF2N5O3. The van der Waals surface area contributed by atoms with E-state index in [4.69, 9.17) is 22.1 Å². The number of aliphatic imine (C=N–C) groups is 1. The fourth-order valence-corrected chi connectivity index (χ4v) is 3.39. The van der Waals surface area contributed by atoms with Crippen molar-refractivity contribution >= 4 is 23.1 Å². The third-order valence-corrected chi connectivity index (χ3v) is 5.56. The van der Waals surface area contributed by atoms with Crippen LogP contribution in [-0.2, 0) is 6.61 Å². The zero-order valence-corrected chi connectivity index (χ0v) is 21.2. The fourth-order valence-electron chi connectivity index (χ4n) is 3.20. The molecule has 0 aromatic carbocycles. The molecule has 0 radical (unpaired) electrons. The van der Waals surface area contributed by atoms with E-state index < -0.39 is 22.8 Å². The lowest BCUT2D eigenvalue weighted by atomic mass is 10.0. The minimum Gasteiger partial charge on any atom is -0.485 e. The molecule has 0 amide bonds. The van der Waals surface area contributed by atoms with Gasteiger partial charge in [0.25, 0.3) is 5.56 Å². The summed E-state index contributed by atoms with van der Waals surface area (Å²) in [5.41, 5.74) is 6.41. The maximum Gasteiger partial charge on any atom is 0.277 e. The molecule has 36 heavy (non-hydrogen) atoms. The Morgan fingerprint density at radius 3 is 2.58 bits per heavy atom. The van der Waals surface area contributed by atoms with Crippen molar-refractivity contribution in [3.05, 3.63) is 86.3 Å². The highest BCUT2D eigenvalue weighted by Gasteiger charge is 2.18. The smallest absolute Gasteiger partial charge is 0.277 e. The predicted molar refractivity (Wildman–Crippen MR) is 134 cm³/mol. The van der Waals surface area contributed by atoms with E-state index in [0.717, 1.165) is 6.20 Å². The van der Waals surface area contributed by atoms with Gasteiger partial charge in [0, 0.05) is 41.5 Å². The number of aliphatic hydroxyl groups is 1. The zero-order valence-electron chi connectivity index (χ0n) is 20.4. The van der Waals surface area contributed by atoms with Crippen LogP contribution >= 0.6 is 11.6 Å². The Kier molecular flexibility index (Phi) is 7.90. The van der Waals surface area contributed by atoms with Crippen LogP contribution in [0.25, 0.3) is 5.69 Å². The first-order chi connectivity index (χ1) is 16.8. The van der Waals surface area contributed by atoms with Crippen molar-refractivity contribution in [1.29, 1.82) is 0 Å². The van der Waals surface area contributed by atoms with Crippen LogP contribution in [0, 0.1) is 25.5 Å². The average molecular weight is 518 g/mol. The van der Waals surface area contributed by atoms with E-state index in [1.807, 2.05) is 0 Å². The van der Waals surface area contributed by atoms with Gasteiger partial charge in [0.1, 0.15) is 28.9 Å². The highest BCUT2D eigenvalue weighted by atomic mass is 35.5. The monoisotopic (exact) mass is 517 g/mol. The van der Waals surface area contributed by atoms with Gasteiger partial charge in [-0.05, 0) is 46.3 Å². The summed E-state index contributed by atoms with van der Waals surface area (Å²) in [5, 5.41) is 9.78. The maximum atomic E-state index is 13.9. The Morgan fingerprint density at radius 1 is 1.25 bits per heavy atom. The van der Waals surface area contributed by atoms with Gasteiger partial charge in [0.2, 0.25) is 0 Å². The van der Waals surface area contributed by atoms with Crippen LogP contribution in [-0.4, -0.2) is 31.0 Å². The molecule has 0 atom stereocenters. The summed E-state index contributed by atoms with van der Waals surface area (Å²) in [5.74, 6) is -1.33. The quantitative estimate of drug-likeness (QED) is 0.447. The number of rotatable bonds is 7. The van der Waals surface area contributed by atoms with Crippen molar-refractivity contribution in [3.8, 4) is 11.4 Å². The van der Waals surface area contributed by atoms with Gasteiger partial charge in [-0.15, -0.1) is 0 Å². The molecule has 3 rings (SSSR count). The third-order valence-electron chi connectivity index (χ3n) is 5.21. The van der Waals surface area contributed by atoms with Crippen LogP contribution in [0.4, 0.5) is 14.6 Å². The Balaban J connectivity index is 1.97. The van der Waals surface area contributed by atoms with Crippen molar-refractivity contribution in [2.45, 2.75) is 46.8 Å². The van der Waals surface area contributed by atoms with Gasteiger partial charge in [0.15, 0.2) is 11.6 Å². The molecule has 0 aliphatic rings. The second-order valence-electron chi connectivity index (χ2n) is 8.72. The molecule has 11 heteroatoms. The van der Waals surface area contributed by atoms with Crippen LogP contribution in [0.15, 0.2) is 52.2 Å². The predicted octanol–water partition coefficient (Wildman–Crippen LogP) is 4.46. The van der Waals surface area contributed by atoms with Crippen LogP contribution in [0.2, 0.25) is 5.02 Å². The minimum atomic E-state index is -1.20.